The smallest absolute Gasteiger partial charge is 0.125 e. The van der Waals surface area contributed by atoms with Crippen molar-refractivity contribution in [2.75, 3.05) is 0 Å². The zero-order valence-corrected chi connectivity index (χ0v) is 17.5. The van der Waals surface area contributed by atoms with E-state index in [0.717, 1.165) is 6.42 Å². The van der Waals surface area contributed by atoms with E-state index in [-0.39, 0.29) is 6.17 Å². The molecule has 0 aliphatic carbocycles. The molecule has 0 aromatic heterocycles. The van der Waals surface area contributed by atoms with E-state index >= 15 is 0 Å². The molecule has 1 rings (SSSR count). The molecule has 0 amide bonds. The molecule has 0 radical (unpaired) electrons. The molecule has 0 saturated heterocycles. The van der Waals surface area contributed by atoms with Gasteiger partial charge in [0.05, 0.1) is 0 Å². The van der Waals surface area contributed by atoms with Crippen LogP contribution in [0.5, 0.6) is 0 Å². The Morgan fingerprint density at radius 1 is 0.885 bits per heavy atom. The highest BCUT2D eigenvalue weighted by atomic mass is 16.3. The van der Waals surface area contributed by atoms with Gasteiger partial charge in [0, 0.05) is 18.8 Å². The van der Waals surface area contributed by atoms with Crippen molar-refractivity contribution in [2.24, 2.45) is 0 Å². The predicted molar refractivity (Wildman–Crippen MR) is 114 cm³/mol. The zero-order valence-electron chi connectivity index (χ0n) is 17.5. The van der Waals surface area contributed by atoms with Crippen LogP contribution in [0.1, 0.15) is 110 Å². The molecule has 0 bridgehead atoms. The fourth-order valence-electron chi connectivity index (χ4n) is 3.63. The van der Waals surface area contributed by atoms with Crippen molar-refractivity contribution < 1.29 is 5.11 Å². The van der Waals surface area contributed by atoms with Gasteiger partial charge in [-0.2, -0.15) is 0 Å². The third-order valence-corrected chi connectivity index (χ3v) is 5.33. The van der Waals surface area contributed by atoms with Gasteiger partial charge in [-0.05, 0) is 19.8 Å². The SMILES string of the molecule is CCCCCCCCCCCCCCC/C=C/CC1NC=CN1C(C)O. The van der Waals surface area contributed by atoms with Crippen LogP contribution in [0.2, 0.25) is 0 Å². The first-order chi connectivity index (χ1) is 12.8. The van der Waals surface area contributed by atoms with Crippen molar-refractivity contribution >= 4 is 0 Å². The molecule has 2 atom stereocenters. The number of nitrogens with one attached hydrogen (secondary N) is 1. The number of unbranched alkanes of at least 4 members (excludes halogenated alkanes) is 13. The van der Waals surface area contributed by atoms with Crippen LogP contribution in [-0.2, 0) is 0 Å². The molecule has 0 saturated carbocycles. The minimum absolute atomic E-state index is 0.206. The fraction of sp³-hybridized carbons (Fsp3) is 0.826. The van der Waals surface area contributed by atoms with Crippen LogP contribution in [0.25, 0.3) is 0 Å². The lowest BCUT2D eigenvalue weighted by Crippen LogP contribution is -2.40. The molecule has 3 nitrogen and oxygen atoms in total. The Balaban J connectivity index is 1.81. The Morgan fingerprint density at radius 3 is 1.96 bits per heavy atom. The van der Waals surface area contributed by atoms with Gasteiger partial charge in [-0.25, -0.2) is 0 Å². The van der Waals surface area contributed by atoms with E-state index in [1.54, 1.807) is 0 Å². The molecular formula is C23H44N2O. The van der Waals surface area contributed by atoms with E-state index in [4.69, 9.17) is 0 Å². The molecule has 26 heavy (non-hydrogen) atoms. The highest BCUT2D eigenvalue weighted by Gasteiger charge is 2.20. The Kier molecular flexibility index (Phi) is 14.4. The maximum absolute atomic E-state index is 9.67. The Labute approximate surface area is 162 Å². The summed E-state index contributed by atoms with van der Waals surface area (Å²) in [4.78, 5) is 1.95. The van der Waals surface area contributed by atoms with E-state index in [9.17, 15) is 5.11 Å². The minimum atomic E-state index is -0.430. The summed E-state index contributed by atoms with van der Waals surface area (Å²) in [6, 6.07) is 0. The van der Waals surface area contributed by atoms with Crippen LogP contribution in [-0.4, -0.2) is 22.4 Å². The van der Waals surface area contributed by atoms with Gasteiger partial charge in [0.15, 0.2) is 0 Å². The lowest BCUT2D eigenvalue weighted by Gasteiger charge is -2.27. The average Bonchev–Trinajstić information content (AvgIpc) is 3.10. The Hall–Kier alpha value is -0.960. The van der Waals surface area contributed by atoms with Crippen LogP contribution in [0.15, 0.2) is 24.6 Å². The number of nitrogens with zero attached hydrogens (tertiary/aromatic N) is 1. The first-order valence-corrected chi connectivity index (χ1v) is 11.3. The van der Waals surface area contributed by atoms with Crippen LogP contribution in [0, 0.1) is 0 Å². The van der Waals surface area contributed by atoms with Crippen molar-refractivity contribution in [1.82, 2.24) is 10.2 Å². The third-order valence-electron chi connectivity index (χ3n) is 5.33. The third kappa shape index (κ3) is 11.6. The second kappa shape index (κ2) is 16.2. The summed E-state index contributed by atoms with van der Waals surface area (Å²) >= 11 is 0. The van der Waals surface area contributed by atoms with Gasteiger partial charge in [-0.1, -0.05) is 96.1 Å². The first-order valence-electron chi connectivity index (χ1n) is 11.3. The lowest BCUT2D eigenvalue weighted by molar-refractivity contribution is 0.0293. The van der Waals surface area contributed by atoms with Gasteiger partial charge in [-0.3, -0.25) is 0 Å². The molecule has 0 fully saturated rings. The van der Waals surface area contributed by atoms with Gasteiger partial charge in [-0.15, -0.1) is 0 Å². The summed E-state index contributed by atoms with van der Waals surface area (Å²) in [7, 11) is 0. The molecule has 152 valence electrons. The number of hydrogen-bond acceptors (Lipinski definition) is 3. The molecule has 2 unspecified atom stereocenters. The van der Waals surface area contributed by atoms with Crippen LogP contribution in [0.4, 0.5) is 0 Å². The van der Waals surface area contributed by atoms with Gasteiger partial charge >= 0.3 is 0 Å². The van der Waals surface area contributed by atoms with Gasteiger partial charge in [0.25, 0.3) is 0 Å². The van der Waals surface area contributed by atoms with Crippen molar-refractivity contribution in [3.05, 3.63) is 24.6 Å². The Morgan fingerprint density at radius 2 is 1.42 bits per heavy atom. The van der Waals surface area contributed by atoms with Crippen molar-refractivity contribution in [3.8, 4) is 0 Å². The Bertz CT molecular complexity index is 365. The van der Waals surface area contributed by atoms with Crippen LogP contribution in [0.3, 0.4) is 0 Å². The highest BCUT2D eigenvalue weighted by molar-refractivity contribution is 4.98. The maximum atomic E-state index is 9.67. The number of aliphatic hydroxyl groups excluding tert-OH is 1. The quantitative estimate of drug-likeness (QED) is 0.230. The van der Waals surface area contributed by atoms with Gasteiger partial charge in [0.1, 0.15) is 12.4 Å². The average molecular weight is 365 g/mol. The normalized spacial score (nSPS) is 18.0. The zero-order chi connectivity index (χ0) is 18.9. The minimum Gasteiger partial charge on any atom is -0.374 e. The van der Waals surface area contributed by atoms with E-state index in [1.165, 1.54) is 89.9 Å². The highest BCUT2D eigenvalue weighted by Crippen LogP contribution is 2.14. The molecule has 1 heterocycles. The summed E-state index contributed by atoms with van der Waals surface area (Å²) < 4.78 is 0. The second-order valence-corrected chi connectivity index (χ2v) is 7.82. The largest absolute Gasteiger partial charge is 0.374 e. The van der Waals surface area contributed by atoms with E-state index in [1.807, 2.05) is 24.2 Å². The maximum Gasteiger partial charge on any atom is 0.125 e. The van der Waals surface area contributed by atoms with E-state index < -0.39 is 6.23 Å². The topological polar surface area (TPSA) is 35.5 Å². The summed E-state index contributed by atoms with van der Waals surface area (Å²) in [6.45, 7) is 4.09. The molecule has 0 aromatic carbocycles. The lowest BCUT2D eigenvalue weighted by atomic mass is 10.0. The summed E-state index contributed by atoms with van der Waals surface area (Å²) in [5.41, 5.74) is 0. The van der Waals surface area contributed by atoms with Crippen molar-refractivity contribution in [3.63, 3.8) is 0 Å². The predicted octanol–water partition coefficient (Wildman–Crippen LogP) is 6.45. The summed E-state index contributed by atoms with van der Waals surface area (Å²) in [5, 5.41) is 12.9. The molecular weight excluding hydrogens is 320 g/mol. The molecule has 3 heteroatoms. The number of hydrogen-bond donors (Lipinski definition) is 2. The fourth-order valence-corrected chi connectivity index (χ4v) is 3.63. The van der Waals surface area contributed by atoms with E-state index in [2.05, 4.69) is 24.4 Å². The molecule has 2 N–H and O–H groups in total. The monoisotopic (exact) mass is 364 g/mol. The van der Waals surface area contributed by atoms with E-state index in [0.29, 0.717) is 0 Å². The van der Waals surface area contributed by atoms with Gasteiger partial charge < -0.3 is 15.3 Å². The van der Waals surface area contributed by atoms with Crippen molar-refractivity contribution in [1.29, 1.82) is 0 Å². The molecule has 1 aliphatic heterocycles. The number of rotatable bonds is 17. The van der Waals surface area contributed by atoms with Crippen molar-refractivity contribution in [2.45, 2.75) is 123 Å². The molecule has 0 aromatic rings. The number of allylic oxidation sites excluding steroid dienone is 1. The standard InChI is InChI=1S/C23H44N2O/c1-3-4-5-6-7-8-9-10-11-12-13-14-15-16-17-18-19-23-24-20-21-25(23)22(2)26/h17-18,20-24,26H,3-16,19H2,1-2H3/b18-17+. The second-order valence-electron chi connectivity index (χ2n) is 7.82. The summed E-state index contributed by atoms with van der Waals surface area (Å²) in [5.74, 6) is 0. The van der Waals surface area contributed by atoms with Crippen LogP contribution < -0.4 is 5.32 Å². The van der Waals surface area contributed by atoms with Gasteiger partial charge in [0.2, 0.25) is 0 Å². The summed E-state index contributed by atoms with van der Waals surface area (Å²) in [6.07, 6.45) is 28.7. The van der Waals surface area contributed by atoms with Crippen LogP contribution >= 0.6 is 0 Å². The molecule has 0 spiro atoms. The number of aliphatic hydroxyl groups is 1. The molecule has 1 aliphatic rings. The first kappa shape index (κ1) is 23.1.